The lowest BCUT2D eigenvalue weighted by Crippen LogP contribution is -2.30. The molecular formula is C13H15N2O8-. The summed E-state index contributed by atoms with van der Waals surface area (Å²) in [5.74, 6) is -2.57. The lowest BCUT2D eigenvalue weighted by atomic mass is 10.1. The molecule has 0 aliphatic carbocycles. The van der Waals surface area contributed by atoms with Gasteiger partial charge in [-0.05, 0) is 12.5 Å². The van der Waals surface area contributed by atoms with Crippen LogP contribution in [0.1, 0.15) is 24.5 Å². The van der Waals surface area contributed by atoms with Gasteiger partial charge < -0.3 is 30.7 Å². The van der Waals surface area contributed by atoms with E-state index in [1.165, 1.54) is 18.2 Å². The molecule has 0 fully saturated rings. The van der Waals surface area contributed by atoms with E-state index < -0.39 is 29.4 Å². The summed E-state index contributed by atoms with van der Waals surface area (Å²) in [5, 5.41) is 39.3. The molecule has 0 aliphatic heterocycles. The van der Waals surface area contributed by atoms with Crippen LogP contribution in [0.4, 0.5) is 10.5 Å². The van der Waals surface area contributed by atoms with E-state index >= 15 is 0 Å². The molecule has 1 aromatic rings. The van der Waals surface area contributed by atoms with Crippen molar-refractivity contribution in [3.63, 3.8) is 0 Å². The molecule has 23 heavy (non-hydrogen) atoms. The van der Waals surface area contributed by atoms with E-state index in [1.807, 2.05) is 0 Å². The molecule has 126 valence electrons. The Morgan fingerprint density at radius 1 is 1.26 bits per heavy atom. The number of para-hydroxylation sites is 1. The number of amides is 1. The van der Waals surface area contributed by atoms with Crippen LogP contribution in [0.15, 0.2) is 24.3 Å². The van der Waals surface area contributed by atoms with Gasteiger partial charge in [0.05, 0.1) is 5.69 Å². The lowest BCUT2D eigenvalue weighted by Gasteiger charge is -2.26. The molecule has 1 aromatic carbocycles. The van der Waals surface area contributed by atoms with Crippen LogP contribution in [0.2, 0.25) is 0 Å². The first-order valence-electron chi connectivity index (χ1n) is 6.47. The maximum absolute atomic E-state index is 11.6. The SMILES string of the molecule is O=C(O)CCCNC(=O)OC(C(=O)O)c1ccccc1N([O-])O. The van der Waals surface area contributed by atoms with Crippen molar-refractivity contribution in [1.29, 1.82) is 0 Å². The average Bonchev–Trinajstić information content (AvgIpc) is 2.48. The molecule has 1 unspecified atom stereocenters. The minimum atomic E-state index is -1.81. The van der Waals surface area contributed by atoms with E-state index in [4.69, 9.17) is 20.2 Å². The largest absolute Gasteiger partial charge is 0.733 e. The summed E-state index contributed by atoms with van der Waals surface area (Å²) in [6.45, 7) is -0.0210. The third-order valence-electron chi connectivity index (χ3n) is 2.71. The highest BCUT2D eigenvalue weighted by Crippen LogP contribution is 2.28. The van der Waals surface area contributed by atoms with Crippen LogP contribution in [-0.2, 0) is 14.3 Å². The zero-order valence-electron chi connectivity index (χ0n) is 11.8. The first kappa shape index (κ1) is 18.2. The lowest BCUT2D eigenvalue weighted by molar-refractivity contribution is -0.147. The van der Waals surface area contributed by atoms with E-state index in [9.17, 15) is 19.6 Å². The summed E-state index contributed by atoms with van der Waals surface area (Å²) in [6.07, 6.45) is -2.92. The maximum Gasteiger partial charge on any atom is 0.408 e. The van der Waals surface area contributed by atoms with Crippen molar-refractivity contribution in [3.8, 4) is 0 Å². The maximum atomic E-state index is 11.6. The van der Waals surface area contributed by atoms with Gasteiger partial charge >= 0.3 is 18.0 Å². The van der Waals surface area contributed by atoms with E-state index in [1.54, 1.807) is 0 Å². The van der Waals surface area contributed by atoms with Gasteiger partial charge in [0.2, 0.25) is 6.10 Å². The number of carbonyl (C=O) groups excluding carboxylic acids is 1. The number of hydrogen-bond acceptors (Lipinski definition) is 7. The van der Waals surface area contributed by atoms with Crippen molar-refractivity contribution in [1.82, 2.24) is 5.32 Å². The zero-order valence-corrected chi connectivity index (χ0v) is 11.8. The van der Waals surface area contributed by atoms with Gasteiger partial charge in [-0.1, -0.05) is 18.2 Å². The van der Waals surface area contributed by atoms with Crippen LogP contribution in [-0.4, -0.2) is 40.0 Å². The van der Waals surface area contributed by atoms with Crippen LogP contribution in [0, 0.1) is 5.21 Å². The van der Waals surface area contributed by atoms with Crippen molar-refractivity contribution in [3.05, 3.63) is 35.0 Å². The molecule has 0 aliphatic rings. The highest BCUT2D eigenvalue weighted by Gasteiger charge is 2.27. The van der Waals surface area contributed by atoms with Gasteiger partial charge in [0, 0.05) is 18.5 Å². The normalized spacial score (nSPS) is 11.4. The first-order valence-corrected chi connectivity index (χ1v) is 6.47. The van der Waals surface area contributed by atoms with Gasteiger partial charge in [-0.2, -0.15) is 0 Å². The Balaban J connectivity index is 2.75. The smallest absolute Gasteiger partial charge is 0.408 e. The Bertz CT molecular complexity index is 575. The predicted molar refractivity (Wildman–Crippen MR) is 75.8 cm³/mol. The number of anilines is 1. The fourth-order valence-electron chi connectivity index (χ4n) is 1.71. The topological polar surface area (TPSA) is 159 Å². The molecule has 0 bridgehead atoms. The number of hydrogen-bond donors (Lipinski definition) is 4. The van der Waals surface area contributed by atoms with Crippen molar-refractivity contribution in [2.45, 2.75) is 18.9 Å². The summed E-state index contributed by atoms with van der Waals surface area (Å²) in [4.78, 5) is 33.1. The highest BCUT2D eigenvalue weighted by atomic mass is 16.8. The Labute approximate surface area is 130 Å². The monoisotopic (exact) mass is 327 g/mol. The number of aliphatic carboxylic acids is 2. The van der Waals surface area contributed by atoms with Crippen LogP contribution in [0.5, 0.6) is 0 Å². The number of carboxylic acids is 2. The number of alkyl carbamates (subject to hydrolysis) is 1. The molecule has 1 amide bonds. The summed E-state index contributed by atoms with van der Waals surface area (Å²) < 4.78 is 4.72. The summed E-state index contributed by atoms with van der Waals surface area (Å²) >= 11 is 0. The summed E-state index contributed by atoms with van der Waals surface area (Å²) in [5.41, 5.74) is -0.586. The van der Waals surface area contributed by atoms with Crippen molar-refractivity contribution in [2.75, 3.05) is 11.8 Å². The number of ether oxygens (including phenoxy) is 1. The fourth-order valence-corrected chi connectivity index (χ4v) is 1.71. The average molecular weight is 327 g/mol. The van der Waals surface area contributed by atoms with Crippen LogP contribution in [0.3, 0.4) is 0 Å². The van der Waals surface area contributed by atoms with Crippen LogP contribution < -0.4 is 10.5 Å². The van der Waals surface area contributed by atoms with Crippen LogP contribution >= 0.6 is 0 Å². The third-order valence-corrected chi connectivity index (χ3v) is 2.71. The molecule has 10 nitrogen and oxygen atoms in total. The predicted octanol–water partition coefficient (Wildman–Crippen LogP) is 1.10. The third kappa shape index (κ3) is 5.80. The number of carbonyl (C=O) groups is 3. The molecule has 0 aromatic heterocycles. The molecule has 1 rings (SSSR count). The molecule has 0 radical (unpaired) electrons. The molecular weight excluding hydrogens is 312 g/mol. The van der Waals surface area contributed by atoms with E-state index in [-0.39, 0.29) is 30.6 Å². The van der Waals surface area contributed by atoms with Crippen molar-refractivity contribution in [2.24, 2.45) is 0 Å². The quantitative estimate of drug-likeness (QED) is 0.405. The standard InChI is InChI=1S/C13H15N2O8/c16-10(17)6-3-7-14-13(20)23-11(12(18)19)8-4-1-2-5-9(8)15(21)22/h1-2,4-5,11,21H,3,6-7H2,(H,14,20)(H,16,17)(H,18,19)/q-1. The van der Waals surface area contributed by atoms with E-state index in [2.05, 4.69) is 5.32 Å². The van der Waals surface area contributed by atoms with Gasteiger partial charge in [-0.3, -0.25) is 10.0 Å². The molecule has 0 spiro atoms. The van der Waals surface area contributed by atoms with Gasteiger partial charge in [0.25, 0.3) is 0 Å². The number of nitrogens with one attached hydrogen (secondary N) is 1. The highest BCUT2D eigenvalue weighted by molar-refractivity contribution is 5.81. The molecule has 0 saturated heterocycles. The second-order valence-corrected chi connectivity index (χ2v) is 4.38. The molecule has 10 heteroatoms. The van der Waals surface area contributed by atoms with Crippen molar-refractivity contribution >= 4 is 23.7 Å². The van der Waals surface area contributed by atoms with Crippen molar-refractivity contribution < 1.29 is 34.5 Å². The molecule has 0 heterocycles. The van der Waals surface area contributed by atoms with Crippen LogP contribution in [0.25, 0.3) is 0 Å². The Kier molecular flexibility index (Phi) is 6.77. The first-order chi connectivity index (χ1) is 10.8. The zero-order chi connectivity index (χ0) is 17.4. The molecule has 0 saturated carbocycles. The number of benzene rings is 1. The van der Waals surface area contributed by atoms with E-state index in [0.717, 1.165) is 6.07 Å². The minimum Gasteiger partial charge on any atom is -0.733 e. The Morgan fingerprint density at radius 3 is 2.48 bits per heavy atom. The van der Waals surface area contributed by atoms with E-state index in [0.29, 0.717) is 0 Å². The number of rotatable bonds is 8. The van der Waals surface area contributed by atoms with Gasteiger partial charge in [0.1, 0.15) is 0 Å². The Hall–Kier alpha value is -2.85. The second-order valence-electron chi connectivity index (χ2n) is 4.38. The molecule has 4 N–H and O–H groups in total. The minimum absolute atomic E-state index is 0.0210. The number of carboxylic acid groups (broad SMARTS) is 2. The molecule has 1 atom stereocenters. The summed E-state index contributed by atoms with van der Waals surface area (Å²) in [6, 6.07) is 5.18. The number of nitrogens with zero attached hydrogens (tertiary/aromatic N) is 1. The van der Waals surface area contributed by atoms with Gasteiger partial charge in [-0.15, -0.1) is 0 Å². The summed E-state index contributed by atoms with van der Waals surface area (Å²) in [7, 11) is 0. The van der Waals surface area contributed by atoms with Gasteiger partial charge in [0.15, 0.2) is 0 Å². The Morgan fingerprint density at radius 2 is 1.91 bits per heavy atom. The van der Waals surface area contributed by atoms with Gasteiger partial charge in [-0.25, -0.2) is 9.59 Å². The fraction of sp³-hybridized carbons (Fsp3) is 0.308. The second kappa shape index (κ2) is 8.56.